The number of unbranched alkanes of at least 4 members (excludes halogenated alkanes) is 1. The molecule has 3 nitrogen and oxygen atoms in total. The first-order valence-corrected chi connectivity index (χ1v) is 6.32. The van der Waals surface area contributed by atoms with E-state index in [1.54, 1.807) is 12.1 Å². The Morgan fingerprint density at radius 2 is 1.71 bits per heavy atom. The number of rotatable bonds is 6. The maximum atomic E-state index is 9.43. The highest BCUT2D eigenvalue weighted by atomic mass is 16.3. The fourth-order valence-electron chi connectivity index (χ4n) is 1.98. The lowest BCUT2D eigenvalue weighted by Gasteiger charge is -2.20. The average Bonchev–Trinajstić information content (AvgIpc) is 2.25. The van der Waals surface area contributed by atoms with Gasteiger partial charge in [-0.15, -0.1) is 0 Å². The molecule has 0 saturated carbocycles. The standard InChI is InChI=1S/C14H23NO2/c1-4-5-6-10(2)15-11(3)12-7-13(16)9-14(17)8-12/h7-11,15-17H,4-6H2,1-3H3. The minimum Gasteiger partial charge on any atom is -0.508 e. The van der Waals surface area contributed by atoms with Crippen LogP contribution in [0.1, 0.15) is 51.6 Å². The number of phenols is 2. The minimum absolute atomic E-state index is 0.106. The number of phenolic OH excluding ortho intramolecular Hbond substituents is 2. The number of aromatic hydroxyl groups is 2. The predicted octanol–water partition coefficient (Wildman–Crippen LogP) is 3.33. The molecule has 3 heteroatoms. The summed E-state index contributed by atoms with van der Waals surface area (Å²) >= 11 is 0. The molecule has 0 saturated heterocycles. The summed E-state index contributed by atoms with van der Waals surface area (Å²) in [4.78, 5) is 0. The molecule has 2 atom stereocenters. The third-order valence-corrected chi connectivity index (χ3v) is 2.95. The van der Waals surface area contributed by atoms with Crippen LogP contribution in [0.25, 0.3) is 0 Å². The first kappa shape index (κ1) is 13.8. The van der Waals surface area contributed by atoms with E-state index in [-0.39, 0.29) is 17.5 Å². The maximum absolute atomic E-state index is 9.43. The Morgan fingerprint density at radius 3 is 2.24 bits per heavy atom. The molecule has 1 aromatic rings. The molecule has 96 valence electrons. The molecule has 1 rings (SSSR count). The second kappa shape index (κ2) is 6.50. The van der Waals surface area contributed by atoms with E-state index in [2.05, 4.69) is 19.2 Å². The first-order valence-electron chi connectivity index (χ1n) is 6.32. The molecule has 3 N–H and O–H groups in total. The zero-order valence-corrected chi connectivity index (χ0v) is 10.9. The van der Waals surface area contributed by atoms with E-state index in [4.69, 9.17) is 0 Å². The lowest BCUT2D eigenvalue weighted by atomic mass is 10.1. The second-order valence-electron chi connectivity index (χ2n) is 4.71. The van der Waals surface area contributed by atoms with Gasteiger partial charge in [-0.05, 0) is 38.0 Å². The van der Waals surface area contributed by atoms with Gasteiger partial charge in [0, 0.05) is 18.2 Å². The highest BCUT2D eigenvalue weighted by molar-refractivity contribution is 5.37. The van der Waals surface area contributed by atoms with E-state index in [9.17, 15) is 10.2 Å². The molecule has 0 amide bonds. The van der Waals surface area contributed by atoms with Crippen LogP contribution in [0.2, 0.25) is 0 Å². The smallest absolute Gasteiger partial charge is 0.119 e. The van der Waals surface area contributed by atoms with Gasteiger partial charge in [0.25, 0.3) is 0 Å². The van der Waals surface area contributed by atoms with Crippen LogP contribution in [0.15, 0.2) is 18.2 Å². The summed E-state index contributed by atoms with van der Waals surface area (Å²) in [5, 5.41) is 22.3. The summed E-state index contributed by atoms with van der Waals surface area (Å²) in [7, 11) is 0. The van der Waals surface area contributed by atoms with Crippen LogP contribution in [0, 0.1) is 0 Å². The summed E-state index contributed by atoms with van der Waals surface area (Å²) in [6.07, 6.45) is 3.56. The van der Waals surface area contributed by atoms with Crippen LogP contribution in [-0.2, 0) is 0 Å². The number of benzene rings is 1. The zero-order valence-electron chi connectivity index (χ0n) is 10.9. The number of hydrogen-bond acceptors (Lipinski definition) is 3. The Bertz CT molecular complexity index is 332. The fraction of sp³-hybridized carbons (Fsp3) is 0.571. The number of hydrogen-bond donors (Lipinski definition) is 3. The summed E-state index contributed by atoms with van der Waals surface area (Å²) in [6, 6.07) is 5.28. The van der Waals surface area contributed by atoms with Gasteiger partial charge in [0.1, 0.15) is 11.5 Å². The Morgan fingerprint density at radius 1 is 1.12 bits per heavy atom. The molecule has 17 heavy (non-hydrogen) atoms. The molecule has 1 aromatic carbocycles. The predicted molar refractivity (Wildman–Crippen MR) is 70.3 cm³/mol. The van der Waals surface area contributed by atoms with Crippen molar-refractivity contribution in [3.8, 4) is 11.5 Å². The molecular weight excluding hydrogens is 214 g/mol. The molecule has 0 radical (unpaired) electrons. The molecule has 0 aliphatic carbocycles. The van der Waals surface area contributed by atoms with Crippen molar-refractivity contribution in [1.82, 2.24) is 5.32 Å². The Labute approximate surface area is 103 Å². The van der Waals surface area contributed by atoms with E-state index >= 15 is 0 Å². The van der Waals surface area contributed by atoms with E-state index in [0.29, 0.717) is 6.04 Å². The molecule has 0 aliphatic heterocycles. The summed E-state index contributed by atoms with van der Waals surface area (Å²) in [6.45, 7) is 6.38. The van der Waals surface area contributed by atoms with Gasteiger partial charge in [-0.3, -0.25) is 0 Å². The lowest BCUT2D eigenvalue weighted by molar-refractivity contribution is 0.429. The largest absolute Gasteiger partial charge is 0.508 e. The highest BCUT2D eigenvalue weighted by Crippen LogP contribution is 2.25. The fourth-order valence-corrected chi connectivity index (χ4v) is 1.98. The average molecular weight is 237 g/mol. The summed E-state index contributed by atoms with van der Waals surface area (Å²) < 4.78 is 0. The molecule has 0 heterocycles. The van der Waals surface area contributed by atoms with Crippen LogP contribution in [0.5, 0.6) is 11.5 Å². The van der Waals surface area contributed by atoms with Crippen molar-refractivity contribution in [1.29, 1.82) is 0 Å². The Balaban J connectivity index is 2.59. The number of nitrogens with one attached hydrogen (secondary N) is 1. The quantitative estimate of drug-likeness (QED) is 0.711. The van der Waals surface area contributed by atoms with E-state index in [1.165, 1.54) is 18.9 Å². The highest BCUT2D eigenvalue weighted by Gasteiger charge is 2.10. The van der Waals surface area contributed by atoms with Crippen LogP contribution in [0.4, 0.5) is 0 Å². The summed E-state index contributed by atoms with van der Waals surface area (Å²) in [5.74, 6) is 0.213. The van der Waals surface area contributed by atoms with E-state index < -0.39 is 0 Å². The van der Waals surface area contributed by atoms with Crippen LogP contribution >= 0.6 is 0 Å². The normalized spacial score (nSPS) is 14.5. The van der Waals surface area contributed by atoms with Crippen molar-refractivity contribution in [2.75, 3.05) is 0 Å². The van der Waals surface area contributed by atoms with Crippen molar-refractivity contribution in [2.24, 2.45) is 0 Å². The van der Waals surface area contributed by atoms with Gasteiger partial charge in [0.2, 0.25) is 0 Å². The SMILES string of the molecule is CCCCC(C)NC(C)c1cc(O)cc(O)c1. The molecule has 2 unspecified atom stereocenters. The Kier molecular flexibility index (Phi) is 5.29. The van der Waals surface area contributed by atoms with E-state index in [0.717, 1.165) is 12.0 Å². The third kappa shape index (κ3) is 4.65. The topological polar surface area (TPSA) is 52.5 Å². The molecule has 0 spiro atoms. The van der Waals surface area contributed by atoms with Crippen molar-refractivity contribution in [2.45, 2.75) is 52.1 Å². The Hall–Kier alpha value is -1.22. The van der Waals surface area contributed by atoms with Crippen LogP contribution in [-0.4, -0.2) is 16.3 Å². The molecular formula is C14H23NO2. The zero-order chi connectivity index (χ0) is 12.8. The van der Waals surface area contributed by atoms with Gasteiger partial charge >= 0.3 is 0 Å². The van der Waals surface area contributed by atoms with Gasteiger partial charge < -0.3 is 15.5 Å². The molecule has 0 bridgehead atoms. The van der Waals surface area contributed by atoms with Crippen molar-refractivity contribution in [3.05, 3.63) is 23.8 Å². The van der Waals surface area contributed by atoms with Crippen LogP contribution < -0.4 is 5.32 Å². The van der Waals surface area contributed by atoms with Crippen molar-refractivity contribution in [3.63, 3.8) is 0 Å². The maximum Gasteiger partial charge on any atom is 0.119 e. The van der Waals surface area contributed by atoms with Gasteiger partial charge in [-0.2, -0.15) is 0 Å². The lowest BCUT2D eigenvalue weighted by Crippen LogP contribution is -2.28. The molecule has 0 aromatic heterocycles. The second-order valence-corrected chi connectivity index (χ2v) is 4.71. The van der Waals surface area contributed by atoms with Crippen molar-refractivity contribution >= 4 is 0 Å². The molecule has 0 aliphatic rings. The first-order chi connectivity index (χ1) is 8.02. The van der Waals surface area contributed by atoms with Crippen molar-refractivity contribution < 1.29 is 10.2 Å². The van der Waals surface area contributed by atoms with E-state index in [1.807, 2.05) is 6.92 Å². The monoisotopic (exact) mass is 237 g/mol. The minimum atomic E-state index is 0.106. The van der Waals surface area contributed by atoms with Gasteiger partial charge in [0.05, 0.1) is 0 Å². The van der Waals surface area contributed by atoms with Crippen LogP contribution in [0.3, 0.4) is 0 Å². The third-order valence-electron chi connectivity index (χ3n) is 2.95. The van der Waals surface area contributed by atoms with Gasteiger partial charge in [-0.25, -0.2) is 0 Å². The van der Waals surface area contributed by atoms with Gasteiger partial charge in [0.15, 0.2) is 0 Å². The van der Waals surface area contributed by atoms with Gasteiger partial charge in [-0.1, -0.05) is 19.8 Å². The summed E-state index contributed by atoms with van der Waals surface area (Å²) in [5.41, 5.74) is 0.908. The molecule has 0 fully saturated rings.